The number of nitrogens with zero attached hydrogens (tertiary/aromatic N) is 1. The van der Waals surface area contributed by atoms with Crippen molar-refractivity contribution >= 4 is 39.4 Å². The minimum atomic E-state index is -0.886. The van der Waals surface area contributed by atoms with Crippen LogP contribution in [0.3, 0.4) is 0 Å². The summed E-state index contributed by atoms with van der Waals surface area (Å²) in [6, 6.07) is 5.81. The van der Waals surface area contributed by atoms with Crippen LogP contribution in [-0.4, -0.2) is 46.3 Å². The van der Waals surface area contributed by atoms with Gasteiger partial charge in [-0.2, -0.15) is 0 Å². The minimum absolute atomic E-state index is 0.221. The maximum absolute atomic E-state index is 12.7. The van der Waals surface area contributed by atoms with Crippen LogP contribution in [0.25, 0.3) is 0 Å². The third kappa shape index (κ3) is 4.09. The van der Waals surface area contributed by atoms with Crippen LogP contribution in [0.5, 0.6) is 0 Å². The zero-order valence-electron chi connectivity index (χ0n) is 14.8. The van der Waals surface area contributed by atoms with Crippen LogP contribution < -0.4 is 0 Å². The van der Waals surface area contributed by atoms with E-state index in [9.17, 15) is 14.4 Å². The van der Waals surface area contributed by atoms with Gasteiger partial charge in [-0.1, -0.05) is 53.0 Å². The zero-order chi connectivity index (χ0) is 18.5. The first-order chi connectivity index (χ1) is 12.6. The molecular formula is C19H23NO4S2. The summed E-state index contributed by atoms with van der Waals surface area (Å²) in [5, 5.41) is 0.582. The fraction of sp³-hybridized carbons (Fsp3) is 0.526. The Hall–Kier alpha value is -1.47. The van der Waals surface area contributed by atoms with E-state index in [-0.39, 0.29) is 6.61 Å². The Kier molecular flexibility index (Phi) is 6.64. The van der Waals surface area contributed by atoms with Crippen molar-refractivity contribution < 1.29 is 19.1 Å². The molecule has 1 aromatic carbocycles. The predicted octanol–water partition coefficient (Wildman–Crippen LogP) is 3.93. The Morgan fingerprint density at radius 2 is 1.77 bits per heavy atom. The normalized spacial score (nSPS) is 18.7. The van der Waals surface area contributed by atoms with Gasteiger partial charge in [0, 0.05) is 11.0 Å². The monoisotopic (exact) mass is 393 g/mol. The average Bonchev–Trinajstić information content (AvgIpc) is 2.91. The van der Waals surface area contributed by atoms with Gasteiger partial charge in [-0.05, 0) is 31.9 Å². The maximum atomic E-state index is 12.7. The molecule has 7 heteroatoms. The third-order valence-electron chi connectivity index (χ3n) is 4.68. The molecular weight excluding hydrogens is 370 g/mol. The number of carbonyl (C=O) groups excluding carboxylic acids is 3. The van der Waals surface area contributed by atoms with Crippen LogP contribution in [0.2, 0.25) is 0 Å². The molecule has 1 unspecified atom stereocenters. The molecule has 2 aliphatic rings. The van der Waals surface area contributed by atoms with Gasteiger partial charge in [-0.3, -0.25) is 14.5 Å². The molecule has 1 saturated carbocycles. The van der Waals surface area contributed by atoms with Gasteiger partial charge in [0.15, 0.2) is 0 Å². The third-order valence-corrected chi connectivity index (χ3v) is 7.64. The van der Waals surface area contributed by atoms with Crippen molar-refractivity contribution in [2.24, 2.45) is 0 Å². The van der Waals surface area contributed by atoms with E-state index in [1.807, 2.05) is 0 Å². The van der Waals surface area contributed by atoms with E-state index in [0.29, 0.717) is 22.1 Å². The van der Waals surface area contributed by atoms with Crippen LogP contribution in [0.15, 0.2) is 24.3 Å². The van der Waals surface area contributed by atoms with E-state index in [1.165, 1.54) is 32.1 Å². The lowest BCUT2D eigenvalue weighted by Gasteiger charge is -2.25. The molecule has 1 aliphatic carbocycles. The van der Waals surface area contributed by atoms with E-state index in [1.54, 1.807) is 52.8 Å². The average molecular weight is 394 g/mol. The number of amides is 2. The standard InChI is InChI=1S/C19H23NO4S2/c1-2-24-19(23)16(12-25-26-13-8-4-3-5-9-13)20-17(21)14-10-6-7-11-15(14)18(20)22/h6-7,10-11,13,16H,2-5,8-9,12H2,1H3. The lowest BCUT2D eigenvalue weighted by Crippen LogP contribution is -2.47. The van der Waals surface area contributed by atoms with Gasteiger partial charge in [0.1, 0.15) is 6.04 Å². The van der Waals surface area contributed by atoms with Crippen LogP contribution in [-0.2, 0) is 9.53 Å². The molecule has 1 atom stereocenters. The van der Waals surface area contributed by atoms with Crippen LogP contribution in [0.1, 0.15) is 59.7 Å². The minimum Gasteiger partial charge on any atom is -0.464 e. The number of esters is 1. The molecule has 0 radical (unpaired) electrons. The number of fused-ring (bicyclic) bond motifs is 1. The lowest BCUT2D eigenvalue weighted by atomic mass is 10.0. The number of ether oxygens (including phenoxy) is 1. The number of imide groups is 1. The molecule has 1 aromatic rings. The first kappa shape index (κ1) is 19.3. The summed E-state index contributed by atoms with van der Waals surface area (Å²) in [6.45, 7) is 1.94. The molecule has 26 heavy (non-hydrogen) atoms. The highest BCUT2D eigenvalue weighted by Gasteiger charge is 2.43. The van der Waals surface area contributed by atoms with E-state index < -0.39 is 23.8 Å². The summed E-state index contributed by atoms with van der Waals surface area (Å²) in [4.78, 5) is 39.0. The highest BCUT2D eigenvalue weighted by molar-refractivity contribution is 8.77. The van der Waals surface area contributed by atoms with Gasteiger partial charge in [0.25, 0.3) is 11.8 Å². The highest BCUT2D eigenvalue weighted by atomic mass is 33.1. The van der Waals surface area contributed by atoms with Crippen molar-refractivity contribution in [3.8, 4) is 0 Å². The molecule has 1 fully saturated rings. The Morgan fingerprint density at radius 1 is 1.15 bits per heavy atom. The van der Waals surface area contributed by atoms with Crippen molar-refractivity contribution in [2.45, 2.75) is 50.3 Å². The number of rotatable bonds is 7. The number of carbonyl (C=O) groups is 3. The Labute approximate surface area is 161 Å². The lowest BCUT2D eigenvalue weighted by molar-refractivity contribution is -0.146. The second kappa shape index (κ2) is 8.95. The Bertz CT molecular complexity index is 653. The van der Waals surface area contributed by atoms with E-state index >= 15 is 0 Å². The maximum Gasteiger partial charge on any atom is 0.330 e. The number of hydrogen-bond acceptors (Lipinski definition) is 6. The summed E-state index contributed by atoms with van der Waals surface area (Å²) in [7, 11) is 3.33. The van der Waals surface area contributed by atoms with Gasteiger partial charge >= 0.3 is 5.97 Å². The van der Waals surface area contributed by atoms with E-state index in [2.05, 4.69) is 0 Å². The van der Waals surface area contributed by atoms with Gasteiger partial charge in [-0.15, -0.1) is 0 Å². The van der Waals surface area contributed by atoms with Crippen molar-refractivity contribution in [3.05, 3.63) is 35.4 Å². The summed E-state index contributed by atoms with van der Waals surface area (Å²) >= 11 is 0. The molecule has 0 saturated heterocycles. The Balaban J connectivity index is 1.71. The summed E-state index contributed by atoms with van der Waals surface area (Å²) in [5.41, 5.74) is 0.716. The second-order valence-electron chi connectivity index (χ2n) is 6.43. The summed E-state index contributed by atoms with van der Waals surface area (Å²) < 4.78 is 5.15. The van der Waals surface area contributed by atoms with Crippen LogP contribution >= 0.6 is 21.6 Å². The van der Waals surface area contributed by atoms with Gasteiger partial charge in [0.05, 0.1) is 17.7 Å². The SMILES string of the molecule is CCOC(=O)C(CSSC1CCCCC1)N1C(=O)c2ccccc2C1=O. The molecule has 0 spiro atoms. The number of benzene rings is 1. The molecule has 140 valence electrons. The molecule has 1 aliphatic heterocycles. The van der Waals surface area contributed by atoms with E-state index in [4.69, 9.17) is 4.74 Å². The molecule has 0 aromatic heterocycles. The van der Waals surface area contributed by atoms with Crippen molar-refractivity contribution in [1.29, 1.82) is 0 Å². The first-order valence-corrected chi connectivity index (χ1v) is 11.4. The summed E-state index contributed by atoms with van der Waals surface area (Å²) in [6.07, 6.45) is 6.17. The molecule has 0 N–H and O–H groups in total. The summed E-state index contributed by atoms with van der Waals surface area (Å²) in [5.74, 6) is -0.983. The fourth-order valence-electron chi connectivity index (χ4n) is 3.34. The quantitative estimate of drug-likeness (QED) is 0.397. The van der Waals surface area contributed by atoms with Crippen molar-refractivity contribution in [2.75, 3.05) is 12.4 Å². The highest BCUT2D eigenvalue weighted by Crippen LogP contribution is 2.37. The largest absolute Gasteiger partial charge is 0.464 e. The molecule has 1 heterocycles. The number of hydrogen-bond donors (Lipinski definition) is 0. The predicted molar refractivity (Wildman–Crippen MR) is 104 cm³/mol. The van der Waals surface area contributed by atoms with Gasteiger partial charge < -0.3 is 4.74 Å². The van der Waals surface area contributed by atoms with Crippen molar-refractivity contribution in [3.63, 3.8) is 0 Å². The molecule has 5 nitrogen and oxygen atoms in total. The second-order valence-corrected chi connectivity index (χ2v) is 9.15. The topological polar surface area (TPSA) is 63.7 Å². The molecule has 0 bridgehead atoms. The Morgan fingerprint density at radius 3 is 2.35 bits per heavy atom. The van der Waals surface area contributed by atoms with Crippen molar-refractivity contribution in [1.82, 2.24) is 4.90 Å². The van der Waals surface area contributed by atoms with E-state index in [0.717, 1.165) is 4.90 Å². The zero-order valence-corrected chi connectivity index (χ0v) is 16.4. The van der Waals surface area contributed by atoms with Gasteiger partial charge in [-0.25, -0.2) is 4.79 Å². The fourth-order valence-corrected chi connectivity index (χ4v) is 6.33. The van der Waals surface area contributed by atoms with Gasteiger partial charge in [0.2, 0.25) is 0 Å². The molecule has 3 rings (SSSR count). The van der Waals surface area contributed by atoms with Crippen LogP contribution in [0.4, 0.5) is 0 Å². The first-order valence-electron chi connectivity index (χ1n) is 9.05. The smallest absolute Gasteiger partial charge is 0.330 e. The molecule has 2 amide bonds. The van der Waals surface area contributed by atoms with Crippen LogP contribution in [0, 0.1) is 0 Å².